The lowest BCUT2D eigenvalue weighted by molar-refractivity contribution is 0.204. The molecule has 170 valence electrons. The minimum Gasteiger partial charge on any atom is -0.327 e. The van der Waals surface area contributed by atoms with Crippen molar-refractivity contribution in [3.05, 3.63) is 76.5 Å². The largest absolute Gasteiger partial charge is 0.327 e. The Hall–Kier alpha value is -3.81. The summed E-state index contributed by atoms with van der Waals surface area (Å²) in [6.07, 6.45) is 1.74. The molecule has 1 aliphatic rings. The van der Waals surface area contributed by atoms with E-state index in [2.05, 4.69) is 22.9 Å². The number of amides is 2. The summed E-state index contributed by atoms with van der Waals surface area (Å²) >= 11 is 0. The van der Waals surface area contributed by atoms with Crippen molar-refractivity contribution < 1.29 is 4.79 Å². The van der Waals surface area contributed by atoms with Gasteiger partial charge >= 0.3 is 6.03 Å². The van der Waals surface area contributed by atoms with Gasteiger partial charge in [0.2, 0.25) is 0 Å². The maximum atomic E-state index is 13.4. The summed E-state index contributed by atoms with van der Waals surface area (Å²) in [4.78, 5) is 33.3. The van der Waals surface area contributed by atoms with Gasteiger partial charge < -0.3 is 14.8 Å². The minimum absolute atomic E-state index is 0.127. The Labute approximate surface area is 192 Å². The molecule has 1 fully saturated rings. The molecule has 8 heteroatoms. The summed E-state index contributed by atoms with van der Waals surface area (Å²) in [6.45, 7) is 5.34. The van der Waals surface area contributed by atoms with Gasteiger partial charge in [0.05, 0.1) is 28.5 Å². The van der Waals surface area contributed by atoms with Gasteiger partial charge in [-0.15, -0.1) is 0 Å². The number of nitrogens with zero attached hydrogens (tertiary/aromatic N) is 5. The van der Waals surface area contributed by atoms with Crippen LogP contribution in [0.2, 0.25) is 0 Å². The van der Waals surface area contributed by atoms with Crippen molar-refractivity contribution in [1.82, 2.24) is 23.8 Å². The van der Waals surface area contributed by atoms with E-state index in [9.17, 15) is 9.59 Å². The molecule has 33 heavy (non-hydrogen) atoms. The van der Waals surface area contributed by atoms with E-state index in [0.717, 1.165) is 41.9 Å². The molecule has 1 unspecified atom stereocenters. The number of hydrogen-bond acceptors (Lipinski definition) is 3. The molecule has 1 N–H and O–H groups in total. The van der Waals surface area contributed by atoms with E-state index in [1.165, 1.54) is 0 Å². The van der Waals surface area contributed by atoms with Crippen LogP contribution in [0.4, 0.5) is 10.5 Å². The van der Waals surface area contributed by atoms with Crippen LogP contribution in [0.25, 0.3) is 16.7 Å². The smallest absolute Gasteiger partial charge is 0.322 e. The topological polar surface area (TPSA) is 77.1 Å². The number of anilines is 1. The van der Waals surface area contributed by atoms with Crippen LogP contribution >= 0.6 is 0 Å². The highest BCUT2D eigenvalue weighted by atomic mass is 16.2. The Morgan fingerprint density at radius 2 is 1.85 bits per heavy atom. The van der Waals surface area contributed by atoms with Gasteiger partial charge in [0.25, 0.3) is 5.56 Å². The number of aryl methyl sites for hydroxylation is 1. The van der Waals surface area contributed by atoms with Crippen LogP contribution in [0.15, 0.2) is 59.4 Å². The second-order valence-corrected chi connectivity index (χ2v) is 8.42. The van der Waals surface area contributed by atoms with Gasteiger partial charge in [0, 0.05) is 20.1 Å². The number of likely N-dealkylation sites (tertiary alicyclic amines) is 1. The fourth-order valence-corrected chi connectivity index (χ4v) is 4.85. The number of aromatic nitrogens is 4. The molecule has 1 atom stereocenters. The summed E-state index contributed by atoms with van der Waals surface area (Å²) in [6, 6.07) is 17.1. The van der Waals surface area contributed by atoms with Crippen molar-refractivity contribution >= 4 is 22.8 Å². The molecule has 8 nitrogen and oxygen atoms in total. The highest BCUT2D eigenvalue weighted by molar-refractivity contribution is 5.90. The lowest BCUT2D eigenvalue weighted by Gasteiger charge is -2.25. The number of fused-ring (bicyclic) bond motifs is 1. The highest BCUT2D eigenvalue weighted by Crippen LogP contribution is 2.34. The molecule has 5 rings (SSSR count). The lowest BCUT2D eigenvalue weighted by atomic mass is 10.2. The summed E-state index contributed by atoms with van der Waals surface area (Å²) in [5, 5.41) is 2.92. The van der Waals surface area contributed by atoms with E-state index in [4.69, 9.17) is 4.98 Å². The maximum absolute atomic E-state index is 13.4. The van der Waals surface area contributed by atoms with E-state index < -0.39 is 0 Å². The third kappa shape index (κ3) is 3.42. The van der Waals surface area contributed by atoms with Crippen LogP contribution in [-0.4, -0.2) is 36.4 Å². The number of benzene rings is 2. The van der Waals surface area contributed by atoms with Crippen LogP contribution in [0, 0.1) is 6.92 Å². The van der Waals surface area contributed by atoms with E-state index in [1.54, 1.807) is 9.36 Å². The number of nitrogens with one attached hydrogen (secondary N) is 1. The third-order valence-electron chi connectivity index (χ3n) is 6.60. The summed E-state index contributed by atoms with van der Waals surface area (Å²) in [7, 11) is 1.82. The van der Waals surface area contributed by atoms with Crippen molar-refractivity contribution in [3.8, 4) is 5.69 Å². The number of carbonyl (C=O) groups excluding carboxylic acids is 1. The number of hydrogen-bond donors (Lipinski definition) is 1. The lowest BCUT2D eigenvalue weighted by Crippen LogP contribution is -2.36. The fraction of sp³-hybridized carbons (Fsp3) is 0.320. The zero-order valence-electron chi connectivity index (χ0n) is 19.2. The number of carbonyl (C=O) groups is 1. The van der Waals surface area contributed by atoms with Crippen molar-refractivity contribution in [2.75, 3.05) is 11.9 Å². The van der Waals surface area contributed by atoms with Crippen LogP contribution in [-0.2, 0) is 13.6 Å². The molecule has 2 aromatic carbocycles. The highest BCUT2D eigenvalue weighted by Gasteiger charge is 2.34. The van der Waals surface area contributed by atoms with Crippen molar-refractivity contribution in [2.45, 2.75) is 39.3 Å². The van der Waals surface area contributed by atoms with Crippen LogP contribution in [0.5, 0.6) is 0 Å². The second kappa shape index (κ2) is 8.27. The zero-order chi connectivity index (χ0) is 23.1. The van der Waals surface area contributed by atoms with Gasteiger partial charge in [0.15, 0.2) is 0 Å². The van der Waals surface area contributed by atoms with E-state index >= 15 is 0 Å². The van der Waals surface area contributed by atoms with Crippen molar-refractivity contribution in [2.24, 2.45) is 7.05 Å². The molecule has 1 aliphatic heterocycles. The van der Waals surface area contributed by atoms with Gasteiger partial charge in [0.1, 0.15) is 11.5 Å². The number of imidazole rings is 1. The van der Waals surface area contributed by atoms with Crippen LogP contribution < -0.4 is 10.9 Å². The Morgan fingerprint density at radius 1 is 1.12 bits per heavy atom. The number of urea groups is 1. The van der Waals surface area contributed by atoms with E-state index in [0.29, 0.717) is 17.9 Å². The van der Waals surface area contributed by atoms with Gasteiger partial charge in [-0.05, 0) is 51.0 Å². The Kier molecular flexibility index (Phi) is 5.28. The van der Waals surface area contributed by atoms with E-state index in [1.807, 2.05) is 67.4 Å². The Bertz CT molecular complexity index is 1380. The molecule has 0 radical (unpaired) electrons. The molecule has 2 aromatic heterocycles. The second-order valence-electron chi connectivity index (χ2n) is 8.42. The number of para-hydroxylation sites is 3. The Morgan fingerprint density at radius 3 is 2.61 bits per heavy atom. The van der Waals surface area contributed by atoms with Crippen LogP contribution in [0.1, 0.15) is 37.3 Å². The van der Waals surface area contributed by atoms with Gasteiger partial charge in [-0.2, -0.15) is 0 Å². The summed E-state index contributed by atoms with van der Waals surface area (Å²) in [5.74, 6) is 0.901. The summed E-state index contributed by atoms with van der Waals surface area (Å²) in [5.41, 5.74) is 3.53. The quantitative estimate of drug-likeness (QED) is 0.512. The molecule has 0 bridgehead atoms. The van der Waals surface area contributed by atoms with E-state index in [-0.39, 0.29) is 17.6 Å². The minimum atomic E-state index is -0.266. The summed E-state index contributed by atoms with van der Waals surface area (Å²) < 4.78 is 5.52. The molecule has 0 saturated carbocycles. The fourth-order valence-electron chi connectivity index (χ4n) is 4.85. The molecule has 0 spiro atoms. The molecule has 0 aliphatic carbocycles. The zero-order valence-corrected chi connectivity index (χ0v) is 19.2. The first-order chi connectivity index (χ1) is 16.0. The monoisotopic (exact) mass is 444 g/mol. The van der Waals surface area contributed by atoms with Crippen molar-refractivity contribution in [1.29, 1.82) is 0 Å². The van der Waals surface area contributed by atoms with Crippen molar-refractivity contribution in [3.63, 3.8) is 0 Å². The first kappa shape index (κ1) is 21.1. The van der Waals surface area contributed by atoms with Crippen LogP contribution in [0.3, 0.4) is 0 Å². The molecule has 3 heterocycles. The van der Waals surface area contributed by atoms with Gasteiger partial charge in [-0.25, -0.2) is 14.5 Å². The Balaban J connectivity index is 1.47. The number of rotatable bonds is 4. The third-order valence-corrected chi connectivity index (χ3v) is 6.60. The molecule has 1 saturated heterocycles. The van der Waals surface area contributed by atoms with Gasteiger partial charge in [-0.3, -0.25) is 9.48 Å². The van der Waals surface area contributed by atoms with Gasteiger partial charge in [-0.1, -0.05) is 30.3 Å². The first-order valence-electron chi connectivity index (χ1n) is 11.4. The predicted octanol–water partition coefficient (Wildman–Crippen LogP) is 4.22. The normalized spacial score (nSPS) is 16.0. The average molecular weight is 445 g/mol. The average Bonchev–Trinajstić information content (AvgIpc) is 3.51. The standard InChI is InChI=1S/C25H28N6O2/c1-4-29-20-14-9-8-13-19(20)26-23(29)21-15-10-16-30(21)25(33)27-22-17(2)28(3)31(24(22)32)18-11-6-5-7-12-18/h5-9,11-14,21H,4,10,15-16H2,1-3H3,(H,27,33). The molecule has 2 amide bonds. The first-order valence-corrected chi connectivity index (χ1v) is 11.4. The molecular weight excluding hydrogens is 416 g/mol. The maximum Gasteiger partial charge on any atom is 0.322 e. The molecule has 4 aromatic rings. The predicted molar refractivity (Wildman–Crippen MR) is 129 cm³/mol. The molecular formula is C25H28N6O2. The SMILES string of the molecule is CCn1c(C2CCCN2C(=O)Nc2c(C)n(C)n(-c3ccccc3)c2=O)nc2ccccc21.